The number of amides is 1. The molecule has 0 unspecified atom stereocenters. The van der Waals surface area contributed by atoms with Gasteiger partial charge >= 0.3 is 5.97 Å². The molecule has 0 radical (unpaired) electrons. The van der Waals surface area contributed by atoms with E-state index in [1.165, 1.54) is 18.2 Å². The van der Waals surface area contributed by atoms with E-state index in [-0.39, 0.29) is 17.8 Å². The van der Waals surface area contributed by atoms with E-state index in [2.05, 4.69) is 6.92 Å². The first-order chi connectivity index (χ1) is 11.6. The molecule has 24 heavy (non-hydrogen) atoms. The number of esters is 1. The lowest BCUT2D eigenvalue weighted by Gasteiger charge is -2.31. The third-order valence-electron chi connectivity index (χ3n) is 4.43. The second-order valence-corrected chi connectivity index (χ2v) is 6.30. The summed E-state index contributed by atoms with van der Waals surface area (Å²) in [4.78, 5) is 26.1. The van der Waals surface area contributed by atoms with Crippen molar-refractivity contribution in [1.82, 2.24) is 4.90 Å². The molecule has 1 heterocycles. The van der Waals surface area contributed by atoms with Crippen molar-refractivity contribution in [2.24, 2.45) is 5.92 Å². The molecule has 1 saturated heterocycles. The molecule has 1 fully saturated rings. The Morgan fingerprint density at radius 1 is 1.21 bits per heavy atom. The molecule has 2 rings (SSSR count). The van der Waals surface area contributed by atoms with E-state index < -0.39 is 5.82 Å². The molecule has 0 atom stereocenters. The van der Waals surface area contributed by atoms with Crippen molar-refractivity contribution in [3.05, 3.63) is 35.6 Å². The molecular formula is C19H26FNO3. The molecule has 0 bridgehead atoms. The van der Waals surface area contributed by atoms with Gasteiger partial charge in [0.05, 0.1) is 12.5 Å². The van der Waals surface area contributed by atoms with Gasteiger partial charge in [0.1, 0.15) is 5.82 Å². The number of rotatable bonds is 7. The molecule has 1 aromatic carbocycles. The number of ether oxygens (including phenoxy) is 1. The van der Waals surface area contributed by atoms with Crippen LogP contribution < -0.4 is 0 Å². The maximum atomic E-state index is 13.2. The van der Waals surface area contributed by atoms with Gasteiger partial charge in [0, 0.05) is 18.7 Å². The van der Waals surface area contributed by atoms with E-state index in [9.17, 15) is 14.0 Å². The molecule has 4 nitrogen and oxygen atoms in total. The lowest BCUT2D eigenvalue weighted by Crippen LogP contribution is -2.40. The molecule has 0 spiro atoms. The topological polar surface area (TPSA) is 46.6 Å². The Labute approximate surface area is 143 Å². The van der Waals surface area contributed by atoms with Crippen LogP contribution in [0.5, 0.6) is 0 Å². The van der Waals surface area contributed by atoms with Crippen LogP contribution in [-0.4, -0.2) is 36.5 Å². The molecule has 0 N–H and O–H groups in total. The zero-order chi connectivity index (χ0) is 17.4. The highest BCUT2D eigenvalue weighted by atomic mass is 19.1. The third kappa shape index (κ3) is 5.32. The van der Waals surface area contributed by atoms with Crippen LogP contribution in [0.25, 0.3) is 0 Å². The first-order valence-electron chi connectivity index (χ1n) is 8.83. The lowest BCUT2D eigenvalue weighted by molar-refractivity contribution is -0.150. The Morgan fingerprint density at radius 3 is 2.62 bits per heavy atom. The highest BCUT2D eigenvalue weighted by Gasteiger charge is 2.28. The summed E-state index contributed by atoms with van der Waals surface area (Å²) in [6, 6.07) is 5.71. The Morgan fingerprint density at radius 2 is 1.96 bits per heavy atom. The van der Waals surface area contributed by atoms with Crippen LogP contribution in [0.1, 0.15) is 55.8 Å². The van der Waals surface area contributed by atoms with E-state index in [1.54, 1.807) is 11.0 Å². The van der Waals surface area contributed by atoms with Gasteiger partial charge in [-0.05, 0) is 37.5 Å². The number of carbonyl (C=O) groups excluding carboxylic acids is 2. The molecular weight excluding hydrogens is 309 g/mol. The average molecular weight is 335 g/mol. The fourth-order valence-electron chi connectivity index (χ4n) is 2.94. The van der Waals surface area contributed by atoms with Crippen molar-refractivity contribution in [2.45, 2.75) is 45.4 Å². The van der Waals surface area contributed by atoms with Crippen molar-refractivity contribution >= 4 is 11.9 Å². The van der Waals surface area contributed by atoms with E-state index in [4.69, 9.17) is 4.74 Å². The highest BCUT2D eigenvalue weighted by Crippen LogP contribution is 2.21. The van der Waals surface area contributed by atoms with Gasteiger partial charge in [0.2, 0.25) is 0 Å². The van der Waals surface area contributed by atoms with Crippen LogP contribution in [0, 0.1) is 11.7 Å². The number of hydrogen-bond acceptors (Lipinski definition) is 3. The number of benzene rings is 1. The Hall–Kier alpha value is -1.91. The number of piperidine rings is 1. The van der Waals surface area contributed by atoms with Gasteiger partial charge in [-0.25, -0.2) is 4.39 Å². The first kappa shape index (κ1) is 18.4. The van der Waals surface area contributed by atoms with Crippen LogP contribution in [0.4, 0.5) is 4.39 Å². The summed E-state index contributed by atoms with van der Waals surface area (Å²) < 4.78 is 18.6. The lowest BCUT2D eigenvalue weighted by atomic mass is 9.96. The molecule has 1 aliphatic rings. The number of likely N-dealkylation sites (tertiary alicyclic amines) is 1. The van der Waals surface area contributed by atoms with Crippen LogP contribution in [0.2, 0.25) is 0 Å². The van der Waals surface area contributed by atoms with Crippen LogP contribution in [0.15, 0.2) is 24.3 Å². The minimum absolute atomic E-state index is 0.132. The Bertz CT molecular complexity index is 553. The normalized spacial score (nSPS) is 15.3. The quantitative estimate of drug-likeness (QED) is 0.562. The third-order valence-corrected chi connectivity index (χ3v) is 4.43. The monoisotopic (exact) mass is 335 g/mol. The summed E-state index contributed by atoms with van der Waals surface area (Å²) in [6.07, 6.45) is 5.54. The standard InChI is InChI=1S/C19H26FNO3/c1-2-3-4-5-13-24-19(23)15-9-11-21(12-10-15)18(22)16-7-6-8-17(20)14-16/h6-8,14-15H,2-5,9-13H2,1H3. The van der Waals surface area contributed by atoms with Gasteiger partial charge in [-0.2, -0.15) is 0 Å². The minimum Gasteiger partial charge on any atom is -0.465 e. The predicted molar refractivity (Wildman–Crippen MR) is 90.1 cm³/mol. The molecule has 0 saturated carbocycles. The van der Waals surface area contributed by atoms with Gasteiger partial charge in [0.25, 0.3) is 5.91 Å². The summed E-state index contributed by atoms with van der Waals surface area (Å²) in [5.74, 6) is -0.875. The van der Waals surface area contributed by atoms with E-state index in [0.717, 1.165) is 25.7 Å². The number of unbranched alkanes of at least 4 members (excludes halogenated alkanes) is 3. The van der Waals surface area contributed by atoms with E-state index in [1.807, 2.05) is 0 Å². The van der Waals surface area contributed by atoms with Gasteiger partial charge in [-0.1, -0.05) is 32.3 Å². The maximum absolute atomic E-state index is 13.2. The number of carbonyl (C=O) groups is 2. The van der Waals surface area contributed by atoms with E-state index in [0.29, 0.717) is 38.1 Å². The maximum Gasteiger partial charge on any atom is 0.309 e. The van der Waals surface area contributed by atoms with Gasteiger partial charge in [-0.15, -0.1) is 0 Å². The second-order valence-electron chi connectivity index (χ2n) is 6.30. The second kappa shape index (κ2) is 9.40. The molecule has 1 aromatic rings. The largest absolute Gasteiger partial charge is 0.465 e. The fourth-order valence-corrected chi connectivity index (χ4v) is 2.94. The van der Waals surface area contributed by atoms with E-state index >= 15 is 0 Å². The number of nitrogens with zero attached hydrogens (tertiary/aromatic N) is 1. The van der Waals surface area contributed by atoms with Crippen molar-refractivity contribution in [2.75, 3.05) is 19.7 Å². The van der Waals surface area contributed by atoms with Crippen molar-refractivity contribution in [1.29, 1.82) is 0 Å². The summed E-state index contributed by atoms with van der Waals surface area (Å²) in [7, 11) is 0. The molecule has 5 heteroatoms. The molecule has 0 aromatic heterocycles. The smallest absolute Gasteiger partial charge is 0.309 e. The summed E-state index contributed by atoms with van der Waals surface area (Å²) in [5.41, 5.74) is 0.354. The average Bonchev–Trinajstić information content (AvgIpc) is 2.61. The molecule has 132 valence electrons. The van der Waals surface area contributed by atoms with Crippen LogP contribution >= 0.6 is 0 Å². The van der Waals surface area contributed by atoms with Gasteiger partial charge in [-0.3, -0.25) is 9.59 Å². The van der Waals surface area contributed by atoms with Crippen molar-refractivity contribution in [3.8, 4) is 0 Å². The van der Waals surface area contributed by atoms with Crippen LogP contribution in [0.3, 0.4) is 0 Å². The Balaban J connectivity index is 1.74. The van der Waals surface area contributed by atoms with Crippen molar-refractivity contribution in [3.63, 3.8) is 0 Å². The van der Waals surface area contributed by atoms with Crippen molar-refractivity contribution < 1.29 is 18.7 Å². The van der Waals surface area contributed by atoms with Gasteiger partial charge in [0.15, 0.2) is 0 Å². The zero-order valence-electron chi connectivity index (χ0n) is 14.3. The van der Waals surface area contributed by atoms with Gasteiger partial charge < -0.3 is 9.64 Å². The molecule has 0 aliphatic carbocycles. The first-order valence-corrected chi connectivity index (χ1v) is 8.83. The molecule has 1 amide bonds. The van der Waals surface area contributed by atoms with Crippen LogP contribution in [-0.2, 0) is 9.53 Å². The summed E-state index contributed by atoms with van der Waals surface area (Å²) >= 11 is 0. The predicted octanol–water partition coefficient (Wildman–Crippen LogP) is 3.80. The number of hydrogen-bond donors (Lipinski definition) is 0. The summed E-state index contributed by atoms with van der Waals surface area (Å²) in [5, 5.41) is 0. The highest BCUT2D eigenvalue weighted by molar-refractivity contribution is 5.94. The molecule has 1 aliphatic heterocycles. The Kier molecular flexibility index (Phi) is 7.22. The zero-order valence-corrected chi connectivity index (χ0v) is 14.3. The number of halogens is 1. The minimum atomic E-state index is -0.414. The fraction of sp³-hybridized carbons (Fsp3) is 0.579. The summed E-state index contributed by atoms with van der Waals surface area (Å²) in [6.45, 7) is 3.64. The SMILES string of the molecule is CCCCCCOC(=O)C1CCN(C(=O)c2cccc(F)c2)CC1.